The van der Waals surface area contributed by atoms with Crippen molar-refractivity contribution in [1.82, 2.24) is 0 Å². The number of ether oxygens (including phenoxy) is 1. The number of nitrogens with two attached hydrogens (primary N) is 1. The monoisotopic (exact) mass is 174 g/mol. The smallest absolute Gasteiger partial charge is 0.213 e. The van der Waals surface area contributed by atoms with Crippen molar-refractivity contribution in [2.75, 3.05) is 7.11 Å². The normalized spacial score (nSPS) is 15.0. The molecule has 0 aliphatic carbocycles. The summed E-state index contributed by atoms with van der Waals surface area (Å²) < 4.78 is 17.3. The molecule has 0 aliphatic heterocycles. The highest BCUT2D eigenvalue weighted by molar-refractivity contribution is 5.91. The molecule has 0 aromatic heterocycles. The highest BCUT2D eigenvalue weighted by atomic mass is 19.1. The predicted molar refractivity (Wildman–Crippen MR) is 46.5 cm³/mol. The van der Waals surface area contributed by atoms with Crippen LogP contribution in [0.5, 0.6) is 0 Å². The quantitative estimate of drug-likeness (QED) is 0.389. The molecule has 0 saturated carbocycles. The lowest BCUT2D eigenvalue weighted by Gasteiger charge is -2.13. The van der Waals surface area contributed by atoms with Crippen molar-refractivity contribution in [2.24, 2.45) is 11.7 Å². The van der Waals surface area contributed by atoms with Crippen molar-refractivity contribution in [3.63, 3.8) is 0 Å². The van der Waals surface area contributed by atoms with Crippen LogP contribution in [0, 0.1) is 11.3 Å². The summed E-state index contributed by atoms with van der Waals surface area (Å²) in [6.45, 7) is 3.70. The van der Waals surface area contributed by atoms with Gasteiger partial charge in [-0.2, -0.15) is 4.39 Å². The van der Waals surface area contributed by atoms with Gasteiger partial charge in [0.2, 0.25) is 5.90 Å². The van der Waals surface area contributed by atoms with Crippen molar-refractivity contribution in [3.8, 4) is 0 Å². The first-order chi connectivity index (χ1) is 5.54. The summed E-state index contributed by atoms with van der Waals surface area (Å²) in [5, 5.41) is 7.26. The lowest BCUT2D eigenvalue weighted by molar-refractivity contribution is 0.389. The molecule has 3 nitrogen and oxygen atoms in total. The lowest BCUT2D eigenvalue weighted by Crippen LogP contribution is -2.15. The minimum absolute atomic E-state index is 0.0811. The molecular weight excluding hydrogens is 159 g/mol. The van der Waals surface area contributed by atoms with Crippen LogP contribution in [0.2, 0.25) is 0 Å². The topological polar surface area (TPSA) is 59.1 Å². The molecule has 0 radical (unpaired) electrons. The molecule has 0 heterocycles. The van der Waals surface area contributed by atoms with Crippen molar-refractivity contribution in [1.29, 1.82) is 5.41 Å². The standard InChI is InChI=1S/C8H15FN2O/c1-4-5(2)6(7(9)10)8(11)12-3/h5,11H,4,10H2,1-3H3/b7-6-,11-8?. The summed E-state index contributed by atoms with van der Waals surface area (Å²) in [5.74, 6) is -1.09. The van der Waals surface area contributed by atoms with Crippen molar-refractivity contribution >= 4 is 5.90 Å². The highest BCUT2D eigenvalue weighted by Crippen LogP contribution is 2.18. The Kier molecular flexibility index (Phi) is 4.33. The second kappa shape index (κ2) is 4.74. The number of hydrogen-bond donors (Lipinski definition) is 2. The second-order valence-corrected chi connectivity index (χ2v) is 2.60. The first-order valence-electron chi connectivity index (χ1n) is 3.82. The first-order valence-corrected chi connectivity index (χ1v) is 3.82. The van der Waals surface area contributed by atoms with E-state index in [1.54, 1.807) is 6.92 Å². The average Bonchev–Trinajstić information content (AvgIpc) is 2.03. The number of nitrogens with one attached hydrogen (secondary N) is 1. The van der Waals surface area contributed by atoms with Gasteiger partial charge in [-0.05, 0) is 12.3 Å². The van der Waals surface area contributed by atoms with Crippen LogP contribution in [0.4, 0.5) is 4.39 Å². The maximum Gasteiger partial charge on any atom is 0.213 e. The van der Waals surface area contributed by atoms with Gasteiger partial charge in [0.25, 0.3) is 0 Å². The SMILES string of the molecule is CCC(C)/C(C(=N)OC)=C(/N)F. The lowest BCUT2D eigenvalue weighted by atomic mass is 9.99. The van der Waals surface area contributed by atoms with Crippen LogP contribution >= 0.6 is 0 Å². The molecule has 12 heavy (non-hydrogen) atoms. The van der Waals surface area contributed by atoms with E-state index in [4.69, 9.17) is 11.1 Å². The van der Waals surface area contributed by atoms with E-state index < -0.39 is 5.95 Å². The molecule has 0 rings (SSSR count). The van der Waals surface area contributed by atoms with E-state index in [-0.39, 0.29) is 17.4 Å². The average molecular weight is 174 g/mol. The van der Waals surface area contributed by atoms with Gasteiger partial charge in [-0.1, -0.05) is 13.8 Å². The fraction of sp³-hybridized carbons (Fsp3) is 0.625. The molecule has 4 heteroatoms. The molecule has 0 amide bonds. The van der Waals surface area contributed by atoms with Gasteiger partial charge in [0.05, 0.1) is 12.7 Å². The number of halogens is 1. The summed E-state index contributed by atoms with van der Waals surface area (Å²) >= 11 is 0. The van der Waals surface area contributed by atoms with E-state index in [0.717, 1.165) is 6.42 Å². The molecule has 0 fully saturated rings. The Hall–Kier alpha value is -1.06. The predicted octanol–water partition coefficient (Wildman–Crippen LogP) is 1.80. The molecule has 0 aliphatic rings. The van der Waals surface area contributed by atoms with Crippen LogP contribution in [0.15, 0.2) is 11.5 Å². The van der Waals surface area contributed by atoms with Crippen molar-refractivity contribution < 1.29 is 9.13 Å². The van der Waals surface area contributed by atoms with E-state index in [2.05, 4.69) is 4.74 Å². The number of methoxy groups -OCH3 is 1. The molecule has 0 aromatic carbocycles. The third-order valence-electron chi connectivity index (χ3n) is 1.81. The van der Waals surface area contributed by atoms with Gasteiger partial charge in [0.1, 0.15) is 0 Å². The van der Waals surface area contributed by atoms with E-state index in [9.17, 15) is 4.39 Å². The Morgan fingerprint density at radius 2 is 2.17 bits per heavy atom. The molecule has 0 bridgehead atoms. The highest BCUT2D eigenvalue weighted by Gasteiger charge is 2.16. The molecule has 0 spiro atoms. The summed E-state index contributed by atoms with van der Waals surface area (Å²) in [4.78, 5) is 0. The van der Waals surface area contributed by atoms with Gasteiger partial charge in [0.15, 0.2) is 5.95 Å². The maximum atomic E-state index is 12.7. The van der Waals surface area contributed by atoms with E-state index in [1.165, 1.54) is 7.11 Å². The van der Waals surface area contributed by atoms with Crippen LogP contribution in [-0.4, -0.2) is 13.0 Å². The second-order valence-electron chi connectivity index (χ2n) is 2.60. The Labute approximate surface area is 71.9 Å². The summed E-state index contributed by atoms with van der Waals surface area (Å²) in [6, 6.07) is 0. The molecular formula is C8H15FN2O. The zero-order chi connectivity index (χ0) is 9.72. The zero-order valence-electron chi connectivity index (χ0n) is 7.65. The fourth-order valence-electron chi connectivity index (χ4n) is 0.882. The van der Waals surface area contributed by atoms with Crippen LogP contribution in [-0.2, 0) is 4.74 Å². The maximum absolute atomic E-state index is 12.7. The minimum Gasteiger partial charge on any atom is -0.481 e. The van der Waals surface area contributed by atoms with Gasteiger partial charge in [-0.3, -0.25) is 5.41 Å². The van der Waals surface area contributed by atoms with E-state index >= 15 is 0 Å². The van der Waals surface area contributed by atoms with Gasteiger partial charge in [-0.25, -0.2) is 0 Å². The summed E-state index contributed by atoms with van der Waals surface area (Å²) in [6.07, 6.45) is 0.728. The number of rotatable bonds is 3. The molecule has 70 valence electrons. The minimum atomic E-state index is -0.823. The van der Waals surface area contributed by atoms with Gasteiger partial charge < -0.3 is 10.5 Å². The Bertz CT molecular complexity index is 197. The van der Waals surface area contributed by atoms with Crippen LogP contribution in [0.3, 0.4) is 0 Å². The van der Waals surface area contributed by atoms with Gasteiger partial charge in [-0.15, -0.1) is 0 Å². The zero-order valence-corrected chi connectivity index (χ0v) is 7.65. The number of hydrogen-bond acceptors (Lipinski definition) is 3. The van der Waals surface area contributed by atoms with Gasteiger partial charge in [0, 0.05) is 0 Å². The molecule has 1 unspecified atom stereocenters. The van der Waals surface area contributed by atoms with Crippen LogP contribution < -0.4 is 5.73 Å². The van der Waals surface area contributed by atoms with Crippen molar-refractivity contribution in [2.45, 2.75) is 20.3 Å². The Morgan fingerprint density at radius 3 is 2.42 bits per heavy atom. The molecule has 0 saturated heterocycles. The van der Waals surface area contributed by atoms with E-state index in [1.807, 2.05) is 6.92 Å². The van der Waals surface area contributed by atoms with E-state index in [0.29, 0.717) is 0 Å². The molecule has 3 N–H and O–H groups in total. The van der Waals surface area contributed by atoms with Crippen LogP contribution in [0.1, 0.15) is 20.3 Å². The first kappa shape index (κ1) is 10.9. The summed E-state index contributed by atoms with van der Waals surface area (Å²) in [5.41, 5.74) is 5.13. The summed E-state index contributed by atoms with van der Waals surface area (Å²) in [7, 11) is 1.33. The van der Waals surface area contributed by atoms with Gasteiger partial charge >= 0.3 is 0 Å². The third kappa shape index (κ3) is 2.53. The molecule has 0 aromatic rings. The van der Waals surface area contributed by atoms with Crippen molar-refractivity contribution in [3.05, 3.63) is 11.5 Å². The largest absolute Gasteiger partial charge is 0.481 e. The molecule has 1 atom stereocenters. The fourth-order valence-corrected chi connectivity index (χ4v) is 0.882. The van der Waals surface area contributed by atoms with Crippen LogP contribution in [0.25, 0.3) is 0 Å². The Balaban J connectivity index is 4.69. The third-order valence-corrected chi connectivity index (χ3v) is 1.81. The Morgan fingerprint density at radius 1 is 1.67 bits per heavy atom.